The van der Waals surface area contributed by atoms with E-state index in [2.05, 4.69) is 10.2 Å². The van der Waals surface area contributed by atoms with Gasteiger partial charge in [0.1, 0.15) is 0 Å². The van der Waals surface area contributed by atoms with Gasteiger partial charge in [0, 0.05) is 29.5 Å². The van der Waals surface area contributed by atoms with Crippen LogP contribution in [0.1, 0.15) is 6.42 Å². The maximum absolute atomic E-state index is 11.8. The number of amides is 1. The van der Waals surface area contributed by atoms with Crippen molar-refractivity contribution in [3.63, 3.8) is 0 Å². The molecule has 0 aliphatic carbocycles. The highest BCUT2D eigenvalue weighted by atomic mass is 35.5. The van der Waals surface area contributed by atoms with Crippen LogP contribution < -0.4 is 11.1 Å². The number of nitrogens with two attached hydrogens (primary N) is 1. The SMILES string of the molecule is CN(C)CCSCCC(=O)Nc1c(N)cc(Cl)cc1Cl. The molecule has 1 rings (SSSR count). The van der Waals surface area contributed by atoms with Gasteiger partial charge >= 0.3 is 0 Å². The standard InChI is InChI=1S/C13H19Cl2N3OS/c1-18(2)4-6-20-5-3-12(19)17-13-10(15)7-9(14)8-11(13)16/h7-8H,3-6,16H2,1-2H3,(H,17,19). The van der Waals surface area contributed by atoms with E-state index < -0.39 is 0 Å². The van der Waals surface area contributed by atoms with Gasteiger partial charge in [0.2, 0.25) is 5.91 Å². The van der Waals surface area contributed by atoms with Gasteiger partial charge in [-0.3, -0.25) is 4.79 Å². The Balaban J connectivity index is 2.39. The van der Waals surface area contributed by atoms with Crippen LogP contribution in [-0.4, -0.2) is 43.0 Å². The van der Waals surface area contributed by atoms with E-state index in [9.17, 15) is 4.79 Å². The lowest BCUT2D eigenvalue weighted by atomic mass is 10.2. The molecular weight excluding hydrogens is 317 g/mol. The molecule has 0 aromatic heterocycles. The molecule has 7 heteroatoms. The Bertz CT molecular complexity index is 446. The summed E-state index contributed by atoms with van der Waals surface area (Å²) in [6.45, 7) is 1.00. The van der Waals surface area contributed by atoms with Crippen LogP contribution >= 0.6 is 35.0 Å². The van der Waals surface area contributed by atoms with Crippen LogP contribution in [0.4, 0.5) is 11.4 Å². The molecule has 112 valence electrons. The van der Waals surface area contributed by atoms with E-state index in [0.29, 0.717) is 27.8 Å². The number of thioether (sulfide) groups is 1. The molecule has 0 spiro atoms. The zero-order valence-corrected chi connectivity index (χ0v) is 13.9. The Morgan fingerprint density at radius 1 is 1.35 bits per heavy atom. The number of halogens is 2. The van der Waals surface area contributed by atoms with Crippen molar-refractivity contribution in [2.24, 2.45) is 0 Å². The van der Waals surface area contributed by atoms with Gasteiger partial charge < -0.3 is 16.0 Å². The summed E-state index contributed by atoms with van der Waals surface area (Å²) in [4.78, 5) is 13.9. The summed E-state index contributed by atoms with van der Waals surface area (Å²) in [5, 5.41) is 3.53. The first kappa shape index (κ1) is 17.4. The molecule has 0 heterocycles. The van der Waals surface area contributed by atoms with Crippen LogP contribution in [0.15, 0.2) is 12.1 Å². The van der Waals surface area contributed by atoms with E-state index >= 15 is 0 Å². The van der Waals surface area contributed by atoms with E-state index in [1.807, 2.05) is 14.1 Å². The van der Waals surface area contributed by atoms with Crippen molar-refractivity contribution in [1.29, 1.82) is 0 Å². The smallest absolute Gasteiger partial charge is 0.225 e. The number of hydrogen-bond donors (Lipinski definition) is 2. The van der Waals surface area contributed by atoms with Gasteiger partial charge in [-0.05, 0) is 26.2 Å². The number of hydrogen-bond acceptors (Lipinski definition) is 4. The molecule has 0 fully saturated rings. The van der Waals surface area contributed by atoms with Gasteiger partial charge in [0.05, 0.1) is 16.4 Å². The predicted octanol–water partition coefficient (Wildman–Crippen LogP) is 3.20. The number of nitrogen functional groups attached to an aromatic ring is 1. The molecule has 0 unspecified atom stereocenters. The normalized spacial score (nSPS) is 10.8. The van der Waals surface area contributed by atoms with Gasteiger partial charge in [0.25, 0.3) is 0 Å². The van der Waals surface area contributed by atoms with Crippen LogP contribution in [0.25, 0.3) is 0 Å². The van der Waals surface area contributed by atoms with Gasteiger partial charge in [-0.2, -0.15) is 11.8 Å². The van der Waals surface area contributed by atoms with Gasteiger partial charge in [-0.15, -0.1) is 0 Å². The van der Waals surface area contributed by atoms with Crippen molar-refractivity contribution in [2.45, 2.75) is 6.42 Å². The van der Waals surface area contributed by atoms with Crippen LogP contribution in [-0.2, 0) is 4.79 Å². The lowest BCUT2D eigenvalue weighted by Gasteiger charge is -2.11. The number of anilines is 2. The first-order valence-corrected chi connectivity index (χ1v) is 8.08. The highest BCUT2D eigenvalue weighted by molar-refractivity contribution is 7.99. The molecule has 1 aromatic carbocycles. The third-order valence-electron chi connectivity index (χ3n) is 2.51. The van der Waals surface area contributed by atoms with Crippen molar-refractivity contribution >= 4 is 52.2 Å². The van der Waals surface area contributed by atoms with Gasteiger partial charge in [-0.25, -0.2) is 0 Å². The second-order valence-corrected chi connectivity index (χ2v) is 6.63. The van der Waals surface area contributed by atoms with Crippen molar-refractivity contribution < 1.29 is 4.79 Å². The fraction of sp³-hybridized carbons (Fsp3) is 0.462. The maximum Gasteiger partial charge on any atom is 0.225 e. The number of rotatable bonds is 7. The Kier molecular flexibility index (Phi) is 7.51. The zero-order chi connectivity index (χ0) is 15.1. The summed E-state index contributed by atoms with van der Waals surface area (Å²) in [6.07, 6.45) is 0.427. The first-order chi connectivity index (χ1) is 9.40. The fourth-order valence-electron chi connectivity index (χ4n) is 1.44. The van der Waals surface area contributed by atoms with E-state index in [4.69, 9.17) is 28.9 Å². The Hall–Kier alpha value is -0.620. The van der Waals surface area contributed by atoms with Crippen molar-refractivity contribution in [3.8, 4) is 0 Å². The summed E-state index contributed by atoms with van der Waals surface area (Å²) in [5.41, 5.74) is 6.59. The second-order valence-electron chi connectivity index (χ2n) is 4.57. The summed E-state index contributed by atoms with van der Waals surface area (Å²) in [5.74, 6) is 1.67. The van der Waals surface area contributed by atoms with E-state index in [1.165, 1.54) is 0 Å². The molecule has 0 saturated heterocycles. The molecule has 1 aromatic rings. The van der Waals surface area contributed by atoms with Crippen LogP contribution in [0, 0.1) is 0 Å². The van der Waals surface area contributed by atoms with E-state index in [-0.39, 0.29) is 5.91 Å². The summed E-state index contributed by atoms with van der Waals surface area (Å²) in [7, 11) is 4.05. The zero-order valence-electron chi connectivity index (χ0n) is 11.6. The third kappa shape index (κ3) is 6.22. The van der Waals surface area contributed by atoms with Crippen LogP contribution in [0.2, 0.25) is 10.0 Å². The number of carbonyl (C=O) groups is 1. The lowest BCUT2D eigenvalue weighted by molar-refractivity contribution is -0.115. The Morgan fingerprint density at radius 3 is 2.65 bits per heavy atom. The average Bonchev–Trinajstić information content (AvgIpc) is 2.33. The summed E-state index contributed by atoms with van der Waals surface area (Å²) in [6, 6.07) is 3.12. The molecule has 0 aliphatic rings. The monoisotopic (exact) mass is 335 g/mol. The highest BCUT2D eigenvalue weighted by Gasteiger charge is 2.10. The molecule has 0 atom stereocenters. The molecule has 3 N–H and O–H groups in total. The lowest BCUT2D eigenvalue weighted by Crippen LogP contribution is -2.16. The third-order valence-corrected chi connectivity index (χ3v) is 3.99. The first-order valence-electron chi connectivity index (χ1n) is 6.17. The van der Waals surface area contributed by atoms with Crippen molar-refractivity contribution in [2.75, 3.05) is 43.2 Å². The largest absolute Gasteiger partial charge is 0.397 e. The highest BCUT2D eigenvalue weighted by Crippen LogP contribution is 2.32. The van der Waals surface area contributed by atoms with Crippen LogP contribution in [0.3, 0.4) is 0 Å². The molecule has 0 radical (unpaired) electrons. The molecule has 0 saturated carbocycles. The minimum Gasteiger partial charge on any atom is -0.397 e. The van der Waals surface area contributed by atoms with Crippen molar-refractivity contribution in [3.05, 3.63) is 22.2 Å². The number of benzene rings is 1. The minimum atomic E-state index is -0.0988. The average molecular weight is 336 g/mol. The molecule has 20 heavy (non-hydrogen) atoms. The Labute approximate surface area is 134 Å². The van der Waals surface area contributed by atoms with E-state index in [0.717, 1.165) is 18.1 Å². The van der Waals surface area contributed by atoms with Crippen molar-refractivity contribution in [1.82, 2.24) is 4.90 Å². The number of carbonyl (C=O) groups excluding carboxylic acids is 1. The molecule has 1 amide bonds. The topological polar surface area (TPSA) is 58.4 Å². The van der Waals surface area contributed by atoms with Gasteiger partial charge in [0.15, 0.2) is 0 Å². The maximum atomic E-state index is 11.8. The van der Waals surface area contributed by atoms with Gasteiger partial charge in [-0.1, -0.05) is 23.2 Å². The molecule has 4 nitrogen and oxygen atoms in total. The van der Waals surface area contributed by atoms with E-state index in [1.54, 1.807) is 23.9 Å². The molecular formula is C13H19Cl2N3OS. The second kappa shape index (κ2) is 8.62. The summed E-state index contributed by atoms with van der Waals surface area (Å²) >= 11 is 13.6. The fourth-order valence-corrected chi connectivity index (χ4v) is 3.03. The minimum absolute atomic E-state index is 0.0988. The van der Waals surface area contributed by atoms with Crippen LogP contribution in [0.5, 0.6) is 0 Å². The number of nitrogens with one attached hydrogen (secondary N) is 1. The predicted molar refractivity (Wildman–Crippen MR) is 90.0 cm³/mol. The molecule has 0 aliphatic heterocycles. The summed E-state index contributed by atoms with van der Waals surface area (Å²) < 4.78 is 0. The number of nitrogens with zero attached hydrogens (tertiary/aromatic N) is 1. The Morgan fingerprint density at radius 2 is 2.05 bits per heavy atom. The molecule has 0 bridgehead atoms. The quantitative estimate of drug-likeness (QED) is 0.593.